The van der Waals surface area contributed by atoms with Crippen molar-refractivity contribution in [3.8, 4) is 5.75 Å². The highest BCUT2D eigenvalue weighted by Crippen LogP contribution is 2.35. The van der Waals surface area contributed by atoms with Gasteiger partial charge in [0.15, 0.2) is 0 Å². The number of benzene rings is 1. The summed E-state index contributed by atoms with van der Waals surface area (Å²) in [5, 5.41) is 0. The first kappa shape index (κ1) is 24.3. The Morgan fingerprint density at radius 3 is 2.23 bits per heavy atom. The van der Waals surface area contributed by atoms with E-state index < -0.39 is 4.87 Å². The molecule has 2 unspecified atom stereocenters. The second-order valence-electron chi connectivity index (χ2n) is 6.54. The summed E-state index contributed by atoms with van der Waals surface area (Å²) < 4.78 is 16.8. The molecule has 1 aromatic carbocycles. The van der Waals surface area contributed by atoms with E-state index in [1.807, 2.05) is 32.0 Å². The second-order valence-corrected chi connectivity index (χ2v) is 7.41. The first-order valence-corrected chi connectivity index (χ1v) is 8.94. The van der Waals surface area contributed by atoms with E-state index >= 15 is 0 Å². The van der Waals surface area contributed by atoms with E-state index in [2.05, 4.69) is 33.6 Å². The number of hydrogen-bond donors (Lipinski definition) is 0. The summed E-state index contributed by atoms with van der Waals surface area (Å²) in [5.74, 6) is 1.55. The molecule has 0 aliphatic rings. The van der Waals surface area contributed by atoms with E-state index in [1.165, 1.54) is 0 Å². The van der Waals surface area contributed by atoms with Crippen LogP contribution in [0.2, 0.25) is 0 Å². The number of ether oxygens (including phenoxy) is 3. The fourth-order valence-electron chi connectivity index (χ4n) is 2.68. The van der Waals surface area contributed by atoms with Crippen LogP contribution in [-0.2, 0) is 9.47 Å². The van der Waals surface area contributed by atoms with Crippen LogP contribution in [0.4, 0.5) is 0 Å². The summed E-state index contributed by atoms with van der Waals surface area (Å²) in [5.41, 5.74) is 1.88. The highest BCUT2D eigenvalue weighted by Gasteiger charge is 2.37. The van der Waals surface area contributed by atoms with Crippen LogP contribution in [0.5, 0.6) is 5.75 Å². The largest absolute Gasteiger partial charge is 0.496 e. The number of hydrogen-bond acceptors (Lipinski definition) is 3. The molecule has 0 aliphatic heterocycles. The predicted molar refractivity (Wildman–Crippen MR) is 113 cm³/mol. The lowest BCUT2D eigenvalue weighted by Gasteiger charge is -2.35. The molecule has 0 aromatic heterocycles. The maximum atomic E-state index is 6.61. The molecule has 4 heteroatoms. The van der Waals surface area contributed by atoms with Crippen molar-refractivity contribution in [2.75, 3.05) is 20.8 Å². The number of halogens is 1. The van der Waals surface area contributed by atoms with Crippen molar-refractivity contribution >= 4 is 17.4 Å². The summed E-state index contributed by atoms with van der Waals surface area (Å²) in [6.07, 6.45) is 3.05. The number of alkyl halides is 1. The van der Waals surface area contributed by atoms with Crippen molar-refractivity contribution in [2.45, 2.75) is 38.7 Å². The minimum atomic E-state index is -0.636. The number of para-hydroxylation sites is 1. The maximum absolute atomic E-state index is 6.61. The van der Waals surface area contributed by atoms with Gasteiger partial charge in [-0.15, -0.1) is 11.6 Å². The Labute approximate surface area is 164 Å². The molecule has 1 rings (SSSR count). The molecule has 0 N–H and O–H groups in total. The number of aryl methyl sites for hydroxylation is 1. The van der Waals surface area contributed by atoms with Gasteiger partial charge in [0.25, 0.3) is 0 Å². The monoisotopic (exact) mass is 380 g/mol. The standard InChI is InChI=1S/C18H27ClO3.C4H6/c1-12(2)17(18(5,19)11-20-6)22-14(4)15-10-8-9-13(3)16(15)21-7;1-3-4-2/h8-10,12,17H,4,11H2,1-3,5-7H3;3-4H,1-2H2. The molecule has 0 bridgehead atoms. The lowest BCUT2D eigenvalue weighted by atomic mass is 9.94. The van der Waals surface area contributed by atoms with Gasteiger partial charge in [-0.2, -0.15) is 0 Å². The minimum Gasteiger partial charge on any atom is -0.496 e. The smallest absolute Gasteiger partial charge is 0.132 e. The lowest BCUT2D eigenvalue weighted by Crippen LogP contribution is -2.43. The third-order valence-corrected chi connectivity index (χ3v) is 4.10. The molecule has 26 heavy (non-hydrogen) atoms. The van der Waals surface area contributed by atoms with Gasteiger partial charge in [0.05, 0.1) is 19.3 Å². The van der Waals surface area contributed by atoms with Gasteiger partial charge in [0.1, 0.15) is 22.5 Å². The van der Waals surface area contributed by atoms with E-state index in [9.17, 15) is 0 Å². The zero-order chi connectivity index (χ0) is 20.3. The van der Waals surface area contributed by atoms with Gasteiger partial charge in [-0.25, -0.2) is 0 Å². The third-order valence-electron chi connectivity index (χ3n) is 3.78. The molecule has 3 nitrogen and oxygen atoms in total. The highest BCUT2D eigenvalue weighted by atomic mass is 35.5. The fourth-order valence-corrected chi connectivity index (χ4v) is 3.08. The van der Waals surface area contributed by atoms with Gasteiger partial charge in [-0.1, -0.05) is 57.9 Å². The Bertz CT molecular complexity index is 585. The zero-order valence-electron chi connectivity index (χ0n) is 17.0. The molecule has 0 amide bonds. The van der Waals surface area contributed by atoms with Gasteiger partial charge in [0, 0.05) is 7.11 Å². The molecule has 0 fully saturated rings. The summed E-state index contributed by atoms with van der Waals surface area (Å²) in [6, 6.07) is 5.89. The van der Waals surface area contributed by atoms with Crippen LogP contribution in [0, 0.1) is 12.8 Å². The lowest BCUT2D eigenvalue weighted by molar-refractivity contribution is 0.0429. The molecular formula is C22H33ClO3. The van der Waals surface area contributed by atoms with E-state index in [-0.39, 0.29) is 12.0 Å². The van der Waals surface area contributed by atoms with Crippen LogP contribution in [0.25, 0.3) is 5.76 Å². The Hall–Kier alpha value is -1.71. The summed E-state index contributed by atoms with van der Waals surface area (Å²) in [4.78, 5) is -0.636. The zero-order valence-corrected chi connectivity index (χ0v) is 17.7. The van der Waals surface area contributed by atoms with Crippen molar-refractivity contribution in [2.24, 2.45) is 5.92 Å². The van der Waals surface area contributed by atoms with E-state index in [1.54, 1.807) is 26.4 Å². The topological polar surface area (TPSA) is 27.7 Å². The predicted octanol–water partition coefficient (Wildman–Crippen LogP) is 6.02. The Morgan fingerprint density at radius 2 is 1.81 bits per heavy atom. The second kappa shape index (κ2) is 11.8. The van der Waals surface area contributed by atoms with E-state index in [4.69, 9.17) is 25.8 Å². The number of allylic oxidation sites excluding steroid dienone is 2. The van der Waals surface area contributed by atoms with Gasteiger partial charge in [0.2, 0.25) is 0 Å². The van der Waals surface area contributed by atoms with Crippen molar-refractivity contribution in [3.63, 3.8) is 0 Å². The average molecular weight is 381 g/mol. The average Bonchev–Trinajstić information content (AvgIpc) is 2.58. The SMILES string of the molecule is C=C(OC(C(C)C)C(C)(Cl)COC)c1cccc(C)c1OC.C=CC=C. The molecule has 0 aliphatic carbocycles. The minimum absolute atomic E-state index is 0.213. The van der Waals surface area contributed by atoms with Crippen molar-refractivity contribution in [3.05, 3.63) is 61.2 Å². The molecular weight excluding hydrogens is 348 g/mol. The summed E-state index contributed by atoms with van der Waals surface area (Å²) in [7, 11) is 3.28. The third kappa shape index (κ3) is 7.27. The van der Waals surface area contributed by atoms with Crippen molar-refractivity contribution < 1.29 is 14.2 Å². The van der Waals surface area contributed by atoms with Crippen LogP contribution in [0.3, 0.4) is 0 Å². The Kier molecular flexibility index (Phi) is 11.0. The van der Waals surface area contributed by atoms with Gasteiger partial charge < -0.3 is 14.2 Å². The molecule has 0 heterocycles. The van der Waals surface area contributed by atoms with Gasteiger partial charge >= 0.3 is 0 Å². The van der Waals surface area contributed by atoms with Crippen LogP contribution in [0.15, 0.2) is 50.1 Å². The first-order chi connectivity index (χ1) is 12.2. The number of rotatable bonds is 9. The molecule has 0 saturated carbocycles. The summed E-state index contributed by atoms with van der Waals surface area (Å²) in [6.45, 7) is 19.2. The maximum Gasteiger partial charge on any atom is 0.132 e. The molecule has 0 radical (unpaired) electrons. The highest BCUT2D eigenvalue weighted by molar-refractivity contribution is 6.24. The van der Waals surface area contributed by atoms with Crippen LogP contribution in [0.1, 0.15) is 31.9 Å². The Balaban J connectivity index is 0.00000141. The molecule has 2 atom stereocenters. The van der Waals surface area contributed by atoms with E-state index in [0.717, 1.165) is 16.9 Å². The normalized spacial score (nSPS) is 13.7. The number of methoxy groups -OCH3 is 2. The molecule has 146 valence electrons. The van der Waals surface area contributed by atoms with Gasteiger partial charge in [-0.05, 0) is 31.4 Å². The van der Waals surface area contributed by atoms with Crippen LogP contribution >= 0.6 is 11.6 Å². The first-order valence-electron chi connectivity index (χ1n) is 8.57. The fraction of sp³-hybridized carbons (Fsp3) is 0.455. The molecule has 1 aromatic rings. The Morgan fingerprint density at radius 1 is 1.23 bits per heavy atom. The van der Waals surface area contributed by atoms with E-state index in [0.29, 0.717) is 12.4 Å². The van der Waals surface area contributed by atoms with Crippen LogP contribution in [-0.4, -0.2) is 31.8 Å². The van der Waals surface area contributed by atoms with Crippen molar-refractivity contribution in [1.82, 2.24) is 0 Å². The summed E-state index contributed by atoms with van der Waals surface area (Å²) >= 11 is 6.61. The molecule has 0 spiro atoms. The van der Waals surface area contributed by atoms with Gasteiger partial charge in [-0.3, -0.25) is 0 Å². The molecule has 0 saturated heterocycles. The quantitative estimate of drug-likeness (QED) is 0.298. The van der Waals surface area contributed by atoms with Crippen LogP contribution < -0.4 is 4.74 Å². The van der Waals surface area contributed by atoms with Crippen molar-refractivity contribution in [1.29, 1.82) is 0 Å².